The fraction of sp³-hybridized carbons (Fsp3) is 0.217. The van der Waals surface area contributed by atoms with Crippen molar-refractivity contribution in [3.05, 3.63) is 77.6 Å². The zero-order valence-corrected chi connectivity index (χ0v) is 17.1. The lowest BCUT2D eigenvalue weighted by molar-refractivity contribution is -0.138. The molecule has 33 heavy (non-hydrogen) atoms. The van der Waals surface area contributed by atoms with Gasteiger partial charge in [-0.05, 0) is 42.0 Å². The molecule has 2 aromatic carbocycles. The molecule has 10 heteroatoms. The highest BCUT2D eigenvalue weighted by Gasteiger charge is 2.31. The van der Waals surface area contributed by atoms with Crippen molar-refractivity contribution in [1.29, 1.82) is 0 Å². The molecule has 0 aliphatic carbocycles. The van der Waals surface area contributed by atoms with Crippen LogP contribution in [0.1, 0.15) is 29.3 Å². The molecule has 0 radical (unpaired) electrons. The first-order valence-corrected chi connectivity index (χ1v) is 9.95. The van der Waals surface area contributed by atoms with Crippen molar-refractivity contribution < 1.29 is 32.3 Å². The lowest BCUT2D eigenvalue weighted by atomic mass is 9.91. The third-order valence-electron chi connectivity index (χ3n) is 4.96. The molecule has 0 amide bonds. The van der Waals surface area contributed by atoms with Crippen molar-refractivity contribution in [1.82, 2.24) is 10.1 Å². The van der Waals surface area contributed by atoms with Crippen LogP contribution < -0.4 is 4.74 Å². The largest absolute Gasteiger partial charge is 0.485 e. The van der Waals surface area contributed by atoms with E-state index in [1.54, 1.807) is 24.3 Å². The van der Waals surface area contributed by atoms with E-state index in [-0.39, 0.29) is 36.2 Å². The first-order chi connectivity index (χ1) is 15.8. The number of aliphatic carboxylic acids is 1. The van der Waals surface area contributed by atoms with Crippen LogP contribution in [-0.2, 0) is 17.6 Å². The number of rotatable bonds is 8. The number of carboxylic acid groups (broad SMARTS) is 1. The van der Waals surface area contributed by atoms with Gasteiger partial charge in [0.15, 0.2) is 6.61 Å². The van der Waals surface area contributed by atoms with Gasteiger partial charge in [0.1, 0.15) is 5.75 Å². The number of ether oxygens (including phenoxy) is 1. The number of aromatic nitrogens is 2. The average molecular weight is 457 g/mol. The van der Waals surface area contributed by atoms with Crippen molar-refractivity contribution in [2.45, 2.75) is 25.1 Å². The molecular formula is C23H18F3N3O4. The number of carboxylic acids is 1. The molecule has 1 atom stereocenters. The summed E-state index contributed by atoms with van der Waals surface area (Å²) in [6, 6.07) is 11.5. The van der Waals surface area contributed by atoms with E-state index >= 15 is 0 Å². The molecule has 4 rings (SSSR count). The summed E-state index contributed by atoms with van der Waals surface area (Å²) in [5.41, 5.74) is 0.860. The SMILES string of the molecule is O=C(O)C[C@H](C1=NCC=C1)c1ccc(OCc2noc(-c3cccc(C(F)(F)F)c3)n2)cc1. The van der Waals surface area contributed by atoms with Crippen LogP contribution in [-0.4, -0.2) is 33.5 Å². The lowest BCUT2D eigenvalue weighted by Crippen LogP contribution is -2.14. The molecule has 0 bridgehead atoms. The molecule has 1 aliphatic rings. The number of halogens is 3. The van der Waals surface area contributed by atoms with Gasteiger partial charge in [0, 0.05) is 17.2 Å². The summed E-state index contributed by atoms with van der Waals surface area (Å²) in [6.07, 6.45) is -0.848. The molecule has 2 heterocycles. The van der Waals surface area contributed by atoms with E-state index in [0.717, 1.165) is 23.4 Å². The summed E-state index contributed by atoms with van der Waals surface area (Å²) >= 11 is 0. The number of hydrogen-bond donors (Lipinski definition) is 1. The van der Waals surface area contributed by atoms with Crippen LogP contribution in [0.4, 0.5) is 13.2 Å². The van der Waals surface area contributed by atoms with Gasteiger partial charge in [-0.15, -0.1) is 0 Å². The Hall–Kier alpha value is -3.95. The predicted octanol–water partition coefficient (Wildman–Crippen LogP) is 4.90. The van der Waals surface area contributed by atoms with E-state index in [1.165, 1.54) is 12.1 Å². The van der Waals surface area contributed by atoms with Crippen molar-refractivity contribution >= 4 is 11.7 Å². The Balaban J connectivity index is 1.42. The van der Waals surface area contributed by atoms with E-state index < -0.39 is 17.7 Å². The molecule has 1 aromatic heterocycles. The fourth-order valence-electron chi connectivity index (χ4n) is 3.38. The predicted molar refractivity (Wildman–Crippen MR) is 112 cm³/mol. The topological polar surface area (TPSA) is 97.8 Å². The van der Waals surface area contributed by atoms with Crippen LogP contribution in [0.15, 0.2) is 70.2 Å². The maximum absolute atomic E-state index is 12.9. The summed E-state index contributed by atoms with van der Waals surface area (Å²) in [4.78, 5) is 19.7. The number of benzene rings is 2. The zero-order chi connectivity index (χ0) is 23.4. The number of nitrogens with zero attached hydrogens (tertiary/aromatic N) is 3. The summed E-state index contributed by atoms with van der Waals surface area (Å²) in [5.74, 6) is -0.667. The van der Waals surface area contributed by atoms with Crippen LogP contribution in [0, 0.1) is 0 Å². The van der Waals surface area contributed by atoms with E-state index in [2.05, 4.69) is 15.1 Å². The highest BCUT2D eigenvalue weighted by atomic mass is 19.4. The third-order valence-corrected chi connectivity index (χ3v) is 4.96. The molecule has 1 N–H and O–H groups in total. The maximum atomic E-state index is 12.9. The second-order valence-electron chi connectivity index (χ2n) is 7.27. The Kier molecular flexibility index (Phi) is 6.25. The Morgan fingerprint density at radius 3 is 2.64 bits per heavy atom. The van der Waals surface area contributed by atoms with Crippen LogP contribution in [0.3, 0.4) is 0 Å². The lowest BCUT2D eigenvalue weighted by Gasteiger charge is -2.15. The molecule has 0 saturated heterocycles. The van der Waals surface area contributed by atoms with Crippen LogP contribution in [0.25, 0.3) is 11.5 Å². The minimum absolute atomic E-state index is 0.0445. The fourth-order valence-corrected chi connectivity index (χ4v) is 3.38. The Morgan fingerprint density at radius 1 is 1.18 bits per heavy atom. The summed E-state index contributed by atoms with van der Waals surface area (Å²) in [7, 11) is 0. The van der Waals surface area contributed by atoms with Gasteiger partial charge in [-0.3, -0.25) is 9.79 Å². The molecule has 170 valence electrons. The van der Waals surface area contributed by atoms with Gasteiger partial charge in [-0.2, -0.15) is 18.2 Å². The van der Waals surface area contributed by atoms with Gasteiger partial charge >= 0.3 is 12.1 Å². The third kappa shape index (κ3) is 5.46. The van der Waals surface area contributed by atoms with E-state index in [1.807, 2.05) is 12.2 Å². The molecule has 0 saturated carbocycles. The summed E-state index contributed by atoms with van der Waals surface area (Å²) in [6.45, 7) is 0.482. The summed E-state index contributed by atoms with van der Waals surface area (Å²) in [5, 5.41) is 13.0. The number of alkyl halides is 3. The van der Waals surface area contributed by atoms with Gasteiger partial charge < -0.3 is 14.4 Å². The number of aliphatic imine (C=N–C) groups is 1. The minimum atomic E-state index is -4.47. The van der Waals surface area contributed by atoms with Gasteiger partial charge in [0.05, 0.1) is 18.5 Å². The highest BCUT2D eigenvalue weighted by molar-refractivity contribution is 6.03. The minimum Gasteiger partial charge on any atom is -0.485 e. The zero-order valence-electron chi connectivity index (χ0n) is 17.1. The van der Waals surface area contributed by atoms with E-state index in [0.29, 0.717) is 12.3 Å². The molecule has 0 spiro atoms. The van der Waals surface area contributed by atoms with Crippen molar-refractivity contribution in [2.24, 2.45) is 4.99 Å². The number of carbonyl (C=O) groups is 1. The Bertz CT molecular complexity index is 1200. The quantitative estimate of drug-likeness (QED) is 0.517. The highest BCUT2D eigenvalue weighted by Crippen LogP contribution is 2.32. The van der Waals surface area contributed by atoms with Crippen molar-refractivity contribution in [3.8, 4) is 17.2 Å². The van der Waals surface area contributed by atoms with Crippen molar-refractivity contribution in [3.63, 3.8) is 0 Å². The second kappa shape index (κ2) is 9.27. The average Bonchev–Trinajstić information content (AvgIpc) is 3.48. The molecule has 7 nitrogen and oxygen atoms in total. The summed E-state index contributed by atoms with van der Waals surface area (Å²) < 4.78 is 49.4. The molecular weight excluding hydrogens is 439 g/mol. The monoisotopic (exact) mass is 457 g/mol. The molecule has 1 aliphatic heterocycles. The van der Waals surface area contributed by atoms with Crippen molar-refractivity contribution in [2.75, 3.05) is 6.54 Å². The van der Waals surface area contributed by atoms with E-state index in [4.69, 9.17) is 9.26 Å². The van der Waals surface area contributed by atoms with Crippen LogP contribution in [0.2, 0.25) is 0 Å². The van der Waals surface area contributed by atoms with Crippen LogP contribution >= 0.6 is 0 Å². The van der Waals surface area contributed by atoms with E-state index in [9.17, 15) is 23.1 Å². The van der Waals surface area contributed by atoms with Crippen LogP contribution in [0.5, 0.6) is 5.75 Å². The molecule has 0 unspecified atom stereocenters. The van der Waals surface area contributed by atoms with Gasteiger partial charge in [-0.1, -0.05) is 29.4 Å². The van der Waals surface area contributed by atoms with Gasteiger partial charge in [0.25, 0.3) is 5.89 Å². The number of allylic oxidation sites excluding steroid dienone is 1. The standard InChI is InChI=1S/C23H18F3N3O4/c24-23(25,26)16-4-1-3-15(11-16)22-28-20(29-33-22)13-32-17-8-6-14(7-9-17)18(12-21(30)31)19-5-2-10-27-19/h1-9,11,18H,10,12-13H2,(H,30,31)/t18-/m0/s1. The first-order valence-electron chi connectivity index (χ1n) is 9.95. The smallest absolute Gasteiger partial charge is 0.416 e. The Morgan fingerprint density at radius 2 is 1.97 bits per heavy atom. The normalized spacial score (nSPS) is 14.2. The molecule has 0 fully saturated rings. The second-order valence-corrected chi connectivity index (χ2v) is 7.27. The van der Waals surface area contributed by atoms with Gasteiger partial charge in [-0.25, -0.2) is 0 Å². The van der Waals surface area contributed by atoms with Gasteiger partial charge in [0.2, 0.25) is 5.82 Å². The number of hydrogen-bond acceptors (Lipinski definition) is 6. The first kappa shape index (κ1) is 22.3. The molecule has 3 aromatic rings. The Labute approximate surface area is 186 Å². The maximum Gasteiger partial charge on any atom is 0.416 e.